The van der Waals surface area contributed by atoms with Crippen LogP contribution in [-0.4, -0.2) is 67.7 Å². The summed E-state index contributed by atoms with van der Waals surface area (Å²) in [5.41, 5.74) is 0. The zero-order valence-corrected chi connectivity index (χ0v) is 33.7. The standard InChI is InChI=1S/C43H85NO6/c1-4-7-10-13-16-17-18-24-30-39-48-43(47)49-40-31-29-36-44(37-38-45)35-28-23-19-22-27-34-42(46)50-41(32-25-20-14-11-8-5-2)33-26-21-15-12-9-6-3/h41,45H,4-40H2,1-3H3. The fourth-order valence-electron chi connectivity index (χ4n) is 6.63. The van der Waals surface area contributed by atoms with Gasteiger partial charge in [0.2, 0.25) is 0 Å². The lowest BCUT2D eigenvalue weighted by Gasteiger charge is -2.21. The van der Waals surface area contributed by atoms with E-state index < -0.39 is 6.16 Å². The molecule has 7 nitrogen and oxygen atoms in total. The third-order valence-corrected chi connectivity index (χ3v) is 9.89. The van der Waals surface area contributed by atoms with Crippen LogP contribution in [0.5, 0.6) is 0 Å². The Morgan fingerprint density at radius 2 is 0.860 bits per heavy atom. The Balaban J connectivity index is 3.96. The van der Waals surface area contributed by atoms with Gasteiger partial charge in [0, 0.05) is 13.0 Å². The van der Waals surface area contributed by atoms with E-state index in [1.165, 1.54) is 122 Å². The number of rotatable bonds is 40. The van der Waals surface area contributed by atoms with Crippen molar-refractivity contribution in [1.29, 1.82) is 0 Å². The van der Waals surface area contributed by atoms with E-state index in [1.54, 1.807) is 0 Å². The van der Waals surface area contributed by atoms with Crippen molar-refractivity contribution in [2.24, 2.45) is 0 Å². The van der Waals surface area contributed by atoms with Crippen LogP contribution in [0.25, 0.3) is 0 Å². The van der Waals surface area contributed by atoms with Gasteiger partial charge >= 0.3 is 12.1 Å². The van der Waals surface area contributed by atoms with Crippen molar-refractivity contribution >= 4 is 12.1 Å². The minimum atomic E-state index is -0.550. The van der Waals surface area contributed by atoms with Crippen LogP contribution in [0, 0.1) is 0 Å². The Morgan fingerprint density at radius 1 is 0.480 bits per heavy atom. The lowest BCUT2D eigenvalue weighted by atomic mass is 10.0. The second kappa shape index (κ2) is 40.4. The van der Waals surface area contributed by atoms with Gasteiger partial charge in [0.15, 0.2) is 0 Å². The van der Waals surface area contributed by atoms with Gasteiger partial charge in [-0.25, -0.2) is 4.79 Å². The van der Waals surface area contributed by atoms with Crippen LogP contribution in [0.3, 0.4) is 0 Å². The molecule has 0 aromatic heterocycles. The second-order valence-corrected chi connectivity index (χ2v) is 14.8. The molecule has 50 heavy (non-hydrogen) atoms. The zero-order valence-electron chi connectivity index (χ0n) is 33.7. The Labute approximate surface area is 310 Å². The summed E-state index contributed by atoms with van der Waals surface area (Å²) in [6.07, 6.45) is 35.6. The van der Waals surface area contributed by atoms with Crippen LogP contribution in [0.2, 0.25) is 0 Å². The van der Waals surface area contributed by atoms with Crippen LogP contribution in [0.15, 0.2) is 0 Å². The largest absolute Gasteiger partial charge is 0.508 e. The highest BCUT2D eigenvalue weighted by Crippen LogP contribution is 2.18. The highest BCUT2D eigenvalue weighted by molar-refractivity contribution is 5.69. The summed E-state index contributed by atoms with van der Waals surface area (Å²) in [6, 6.07) is 0. The molecule has 0 heterocycles. The maximum absolute atomic E-state index is 12.7. The summed E-state index contributed by atoms with van der Waals surface area (Å²) in [6.45, 7) is 10.3. The molecule has 0 aromatic rings. The third-order valence-electron chi connectivity index (χ3n) is 9.89. The van der Waals surface area contributed by atoms with Gasteiger partial charge in [0.25, 0.3) is 0 Å². The molecule has 0 unspecified atom stereocenters. The smallest absolute Gasteiger partial charge is 0.462 e. The Bertz CT molecular complexity index is 689. The van der Waals surface area contributed by atoms with Crippen LogP contribution >= 0.6 is 0 Å². The summed E-state index contributed by atoms with van der Waals surface area (Å²) in [5, 5.41) is 9.50. The molecule has 0 saturated carbocycles. The molecule has 7 heteroatoms. The average Bonchev–Trinajstić information content (AvgIpc) is 3.11. The molecule has 1 N–H and O–H groups in total. The highest BCUT2D eigenvalue weighted by Gasteiger charge is 2.14. The van der Waals surface area contributed by atoms with Crippen molar-refractivity contribution in [3.8, 4) is 0 Å². The van der Waals surface area contributed by atoms with Gasteiger partial charge < -0.3 is 24.2 Å². The molecule has 0 aromatic carbocycles. The van der Waals surface area contributed by atoms with Crippen LogP contribution in [-0.2, 0) is 19.0 Å². The fraction of sp³-hybridized carbons (Fsp3) is 0.953. The third kappa shape index (κ3) is 36.5. The lowest BCUT2D eigenvalue weighted by molar-refractivity contribution is -0.150. The molecule has 0 saturated heterocycles. The van der Waals surface area contributed by atoms with E-state index in [-0.39, 0.29) is 18.7 Å². The first-order chi connectivity index (χ1) is 24.6. The van der Waals surface area contributed by atoms with Crippen molar-refractivity contribution in [1.82, 2.24) is 4.90 Å². The number of esters is 1. The highest BCUT2D eigenvalue weighted by atomic mass is 16.7. The van der Waals surface area contributed by atoms with E-state index in [0.29, 0.717) is 26.2 Å². The number of hydrogen-bond donors (Lipinski definition) is 1. The number of carbonyl (C=O) groups is 2. The molecule has 0 rings (SSSR count). The Morgan fingerprint density at radius 3 is 1.34 bits per heavy atom. The monoisotopic (exact) mass is 712 g/mol. The molecular formula is C43H85NO6. The number of hydrogen-bond acceptors (Lipinski definition) is 7. The quantitative estimate of drug-likeness (QED) is 0.0500. The maximum atomic E-state index is 12.7. The van der Waals surface area contributed by atoms with Crippen LogP contribution in [0.1, 0.15) is 220 Å². The van der Waals surface area contributed by atoms with E-state index in [1.807, 2.05) is 0 Å². The molecule has 0 spiro atoms. The number of carbonyl (C=O) groups excluding carboxylic acids is 2. The number of ether oxygens (including phenoxy) is 3. The number of aliphatic hydroxyl groups excluding tert-OH is 1. The van der Waals surface area contributed by atoms with E-state index >= 15 is 0 Å². The maximum Gasteiger partial charge on any atom is 0.508 e. The summed E-state index contributed by atoms with van der Waals surface area (Å²) in [7, 11) is 0. The Hall–Kier alpha value is -1.34. The molecule has 0 atom stereocenters. The predicted molar refractivity (Wildman–Crippen MR) is 211 cm³/mol. The normalized spacial score (nSPS) is 11.5. The summed E-state index contributed by atoms with van der Waals surface area (Å²) in [4.78, 5) is 26.8. The first-order valence-electron chi connectivity index (χ1n) is 21.9. The number of unbranched alkanes of at least 4 members (excludes halogenated alkanes) is 23. The van der Waals surface area contributed by atoms with Crippen molar-refractivity contribution in [2.45, 2.75) is 226 Å². The first-order valence-corrected chi connectivity index (χ1v) is 21.9. The molecule has 0 amide bonds. The molecule has 0 radical (unpaired) electrons. The Kier molecular flexibility index (Phi) is 39.3. The number of aliphatic hydroxyl groups is 1. The SMILES string of the molecule is CCCCCCCCCCCOC(=O)OCCCCN(CCO)CCCCCCCC(=O)OC(CCCCCCCC)CCCCCCCC. The lowest BCUT2D eigenvalue weighted by Crippen LogP contribution is -2.29. The van der Waals surface area contributed by atoms with E-state index in [0.717, 1.165) is 83.7 Å². The van der Waals surface area contributed by atoms with Crippen LogP contribution in [0.4, 0.5) is 4.79 Å². The topological polar surface area (TPSA) is 85.3 Å². The zero-order chi connectivity index (χ0) is 36.6. The molecule has 298 valence electrons. The molecule has 0 aliphatic carbocycles. The summed E-state index contributed by atoms with van der Waals surface area (Å²) >= 11 is 0. The van der Waals surface area contributed by atoms with E-state index in [2.05, 4.69) is 25.7 Å². The van der Waals surface area contributed by atoms with Gasteiger partial charge in [0.1, 0.15) is 6.10 Å². The van der Waals surface area contributed by atoms with Crippen molar-refractivity contribution in [2.75, 3.05) is 39.5 Å². The molecule has 0 bridgehead atoms. The molecule has 0 aliphatic heterocycles. The first kappa shape index (κ1) is 48.7. The minimum Gasteiger partial charge on any atom is -0.462 e. The predicted octanol–water partition coefficient (Wildman–Crippen LogP) is 12.5. The minimum absolute atomic E-state index is 0.00266. The summed E-state index contributed by atoms with van der Waals surface area (Å²) < 4.78 is 16.5. The van der Waals surface area contributed by atoms with Gasteiger partial charge in [-0.2, -0.15) is 0 Å². The van der Waals surface area contributed by atoms with Crippen LogP contribution < -0.4 is 0 Å². The van der Waals surface area contributed by atoms with Gasteiger partial charge in [-0.15, -0.1) is 0 Å². The van der Waals surface area contributed by atoms with E-state index in [9.17, 15) is 14.7 Å². The van der Waals surface area contributed by atoms with Crippen molar-refractivity contribution < 1.29 is 28.9 Å². The van der Waals surface area contributed by atoms with Crippen molar-refractivity contribution in [3.05, 3.63) is 0 Å². The fourth-order valence-corrected chi connectivity index (χ4v) is 6.63. The molecule has 0 fully saturated rings. The summed E-state index contributed by atoms with van der Waals surface area (Å²) in [5.74, 6) is -0.00266. The average molecular weight is 712 g/mol. The van der Waals surface area contributed by atoms with Gasteiger partial charge in [-0.1, -0.05) is 156 Å². The number of nitrogens with zero attached hydrogens (tertiary/aromatic N) is 1. The van der Waals surface area contributed by atoms with Crippen molar-refractivity contribution in [3.63, 3.8) is 0 Å². The molecule has 0 aliphatic rings. The van der Waals surface area contributed by atoms with E-state index in [4.69, 9.17) is 14.2 Å². The molecular weight excluding hydrogens is 626 g/mol. The van der Waals surface area contributed by atoms with Gasteiger partial charge in [-0.3, -0.25) is 4.79 Å². The second-order valence-electron chi connectivity index (χ2n) is 14.8. The van der Waals surface area contributed by atoms with Gasteiger partial charge in [0.05, 0.1) is 19.8 Å². The van der Waals surface area contributed by atoms with Gasteiger partial charge in [-0.05, 0) is 70.9 Å².